The molecule has 0 aromatic rings. The van der Waals surface area contributed by atoms with Crippen molar-refractivity contribution >= 4 is 10.5 Å². The topological polar surface area (TPSA) is 27.7 Å². The van der Waals surface area contributed by atoms with Crippen LogP contribution in [0.3, 0.4) is 0 Å². The van der Waals surface area contributed by atoms with Crippen molar-refractivity contribution in [3.8, 4) is 0 Å². The van der Waals surface area contributed by atoms with E-state index in [2.05, 4.69) is 0 Å². The van der Waals surface area contributed by atoms with Gasteiger partial charge in [-0.05, 0) is 12.8 Å². The molecule has 0 N–H and O–H groups in total. The van der Waals surface area contributed by atoms with Crippen LogP contribution < -0.4 is 0 Å². The van der Waals surface area contributed by atoms with Crippen LogP contribution in [0.5, 0.6) is 0 Å². The van der Waals surface area contributed by atoms with Gasteiger partial charge in [0.1, 0.15) is 0 Å². The number of rotatable bonds is 2. The Hall–Kier alpha value is 0.0969. The maximum atomic E-state index is 5.35. The summed E-state index contributed by atoms with van der Waals surface area (Å²) in [5.74, 6) is -0.676. The highest BCUT2D eigenvalue weighted by molar-refractivity contribution is 5.98. The summed E-state index contributed by atoms with van der Waals surface area (Å²) >= 11 is 0. The summed E-state index contributed by atoms with van der Waals surface area (Å²) in [4.78, 5) is 0. The van der Waals surface area contributed by atoms with Gasteiger partial charge >= 0.3 is 0 Å². The van der Waals surface area contributed by atoms with Gasteiger partial charge in [0.15, 0.2) is 10.5 Å². The van der Waals surface area contributed by atoms with Gasteiger partial charge in [-0.2, -0.15) is 0 Å². The van der Waals surface area contributed by atoms with Crippen molar-refractivity contribution in [2.75, 3.05) is 13.7 Å². The Morgan fingerprint density at radius 2 is 2.30 bits per heavy atom. The summed E-state index contributed by atoms with van der Waals surface area (Å²) in [6, 6.07) is 0. The second kappa shape index (κ2) is 3.48. The third-order valence-electron chi connectivity index (χ3n) is 1.82. The quantitative estimate of drug-likeness (QED) is 0.415. The molecule has 1 aliphatic heterocycles. The molecule has 10 heavy (non-hydrogen) atoms. The third-order valence-corrected chi connectivity index (χ3v) is 2.44. The summed E-state index contributed by atoms with van der Waals surface area (Å²) in [5, 5.41) is 0. The van der Waals surface area contributed by atoms with Crippen LogP contribution in [0.1, 0.15) is 19.3 Å². The standard InChI is InChI=1S/C6H14O3Si/c1-7-6(9-10)4-2-3-5-8-6/h2-5H2,1,10H3. The van der Waals surface area contributed by atoms with Crippen LogP contribution in [0, 0.1) is 0 Å². The fraction of sp³-hybridized carbons (Fsp3) is 1.00. The van der Waals surface area contributed by atoms with Crippen molar-refractivity contribution < 1.29 is 13.9 Å². The summed E-state index contributed by atoms with van der Waals surface area (Å²) in [6.45, 7) is 0.760. The number of hydrogen-bond acceptors (Lipinski definition) is 3. The van der Waals surface area contributed by atoms with Gasteiger partial charge in [-0.25, -0.2) is 0 Å². The van der Waals surface area contributed by atoms with E-state index in [-0.39, 0.29) is 0 Å². The minimum Gasteiger partial charge on any atom is -0.380 e. The van der Waals surface area contributed by atoms with E-state index in [9.17, 15) is 0 Å². The van der Waals surface area contributed by atoms with E-state index >= 15 is 0 Å². The van der Waals surface area contributed by atoms with E-state index in [0.717, 1.165) is 25.9 Å². The highest BCUT2D eigenvalue weighted by Crippen LogP contribution is 2.25. The summed E-state index contributed by atoms with van der Waals surface area (Å²) in [6.07, 6.45) is 3.12. The summed E-state index contributed by atoms with van der Waals surface area (Å²) < 4.78 is 15.7. The van der Waals surface area contributed by atoms with Crippen molar-refractivity contribution in [2.24, 2.45) is 0 Å². The molecule has 1 fully saturated rings. The van der Waals surface area contributed by atoms with Gasteiger partial charge in [-0.1, -0.05) is 0 Å². The molecule has 4 heteroatoms. The zero-order valence-electron chi connectivity index (χ0n) is 6.55. The van der Waals surface area contributed by atoms with Crippen molar-refractivity contribution in [1.29, 1.82) is 0 Å². The van der Waals surface area contributed by atoms with E-state index < -0.39 is 5.97 Å². The van der Waals surface area contributed by atoms with Crippen LogP contribution in [0.4, 0.5) is 0 Å². The number of hydrogen-bond donors (Lipinski definition) is 0. The molecule has 0 amide bonds. The van der Waals surface area contributed by atoms with Gasteiger partial charge in [-0.15, -0.1) is 0 Å². The Kier molecular flexibility index (Phi) is 2.85. The molecule has 1 unspecified atom stereocenters. The first-order chi connectivity index (χ1) is 4.83. The fourth-order valence-electron chi connectivity index (χ4n) is 1.15. The molecular formula is C6H14O3Si. The van der Waals surface area contributed by atoms with E-state index in [4.69, 9.17) is 13.9 Å². The molecule has 1 heterocycles. The fourth-order valence-corrected chi connectivity index (χ4v) is 1.64. The van der Waals surface area contributed by atoms with E-state index in [1.54, 1.807) is 7.11 Å². The number of ether oxygens (including phenoxy) is 2. The van der Waals surface area contributed by atoms with Crippen molar-refractivity contribution in [3.63, 3.8) is 0 Å². The second-order valence-corrected chi connectivity index (χ2v) is 2.81. The molecule has 1 saturated heterocycles. The van der Waals surface area contributed by atoms with Crippen LogP contribution in [-0.2, 0) is 13.9 Å². The molecule has 60 valence electrons. The lowest BCUT2D eigenvalue weighted by Gasteiger charge is -2.34. The average molecular weight is 162 g/mol. The first-order valence-corrected chi connectivity index (χ1v) is 4.39. The Balaban J connectivity index is 2.44. The lowest BCUT2D eigenvalue weighted by Crippen LogP contribution is -2.40. The molecule has 0 aliphatic carbocycles. The maximum absolute atomic E-state index is 5.35. The summed E-state index contributed by atoms with van der Waals surface area (Å²) in [7, 11) is 2.29. The van der Waals surface area contributed by atoms with Crippen LogP contribution in [0.15, 0.2) is 0 Å². The van der Waals surface area contributed by atoms with Gasteiger partial charge in [0.25, 0.3) is 5.97 Å². The number of methoxy groups -OCH3 is 1. The van der Waals surface area contributed by atoms with Gasteiger partial charge in [0.2, 0.25) is 0 Å². The van der Waals surface area contributed by atoms with Crippen LogP contribution in [-0.4, -0.2) is 30.2 Å². The van der Waals surface area contributed by atoms with E-state index in [1.807, 2.05) is 0 Å². The van der Waals surface area contributed by atoms with E-state index in [0.29, 0.717) is 10.5 Å². The maximum Gasteiger partial charge on any atom is 0.272 e. The third kappa shape index (κ3) is 1.57. The Bertz CT molecular complexity index is 95.2. The SMILES string of the molecule is COC1(O[SiH3])CCCCO1. The van der Waals surface area contributed by atoms with Crippen LogP contribution in [0.25, 0.3) is 0 Å². The second-order valence-electron chi connectivity index (χ2n) is 2.40. The lowest BCUT2D eigenvalue weighted by atomic mass is 10.2. The smallest absolute Gasteiger partial charge is 0.272 e. The minimum absolute atomic E-state index is 0.664. The molecule has 1 atom stereocenters. The predicted octanol–water partition coefficient (Wildman–Crippen LogP) is -0.216. The molecule has 0 radical (unpaired) electrons. The van der Waals surface area contributed by atoms with Crippen molar-refractivity contribution in [2.45, 2.75) is 25.2 Å². The van der Waals surface area contributed by atoms with E-state index in [1.165, 1.54) is 0 Å². The molecule has 3 nitrogen and oxygen atoms in total. The highest BCUT2D eigenvalue weighted by Gasteiger charge is 2.32. The molecule has 0 saturated carbocycles. The van der Waals surface area contributed by atoms with Crippen LogP contribution >= 0.6 is 0 Å². The van der Waals surface area contributed by atoms with Gasteiger partial charge in [-0.3, -0.25) is 0 Å². The van der Waals surface area contributed by atoms with Crippen molar-refractivity contribution in [1.82, 2.24) is 0 Å². The monoisotopic (exact) mass is 162 g/mol. The first-order valence-electron chi connectivity index (χ1n) is 3.57. The predicted molar refractivity (Wildman–Crippen MR) is 40.6 cm³/mol. The zero-order valence-corrected chi connectivity index (χ0v) is 8.55. The molecule has 1 aliphatic rings. The Morgan fingerprint density at radius 1 is 1.50 bits per heavy atom. The molecule has 0 aromatic heterocycles. The summed E-state index contributed by atoms with van der Waals surface area (Å²) in [5.41, 5.74) is 0. The lowest BCUT2D eigenvalue weighted by molar-refractivity contribution is -0.347. The average Bonchev–Trinajstić information content (AvgIpc) is 2.06. The first kappa shape index (κ1) is 8.20. The molecule has 0 aromatic carbocycles. The minimum atomic E-state index is -0.676. The zero-order chi connectivity index (χ0) is 7.45. The normalized spacial score (nSPS) is 34.5. The molecule has 0 spiro atoms. The molecule has 0 bridgehead atoms. The highest BCUT2D eigenvalue weighted by atomic mass is 28.2. The molecule has 1 rings (SSSR count). The van der Waals surface area contributed by atoms with Crippen molar-refractivity contribution in [3.05, 3.63) is 0 Å². The van der Waals surface area contributed by atoms with Gasteiger partial charge in [0.05, 0.1) is 6.61 Å². The molecular weight excluding hydrogens is 148 g/mol. The largest absolute Gasteiger partial charge is 0.380 e. The Labute approximate surface area is 64.2 Å². The van der Waals surface area contributed by atoms with Gasteiger partial charge in [0, 0.05) is 13.5 Å². The Morgan fingerprint density at radius 3 is 2.60 bits per heavy atom. The van der Waals surface area contributed by atoms with Gasteiger partial charge < -0.3 is 13.9 Å². The van der Waals surface area contributed by atoms with Crippen LogP contribution in [0.2, 0.25) is 0 Å².